The van der Waals surface area contributed by atoms with Gasteiger partial charge in [-0.3, -0.25) is 9.69 Å². The minimum Gasteiger partial charge on any atom is -0.365 e. The van der Waals surface area contributed by atoms with Crippen molar-refractivity contribution in [3.8, 4) is 0 Å². The lowest BCUT2D eigenvalue weighted by atomic mass is 10.1. The van der Waals surface area contributed by atoms with Gasteiger partial charge >= 0.3 is 0 Å². The summed E-state index contributed by atoms with van der Waals surface area (Å²) in [6.45, 7) is 4.63. The van der Waals surface area contributed by atoms with Gasteiger partial charge in [0, 0.05) is 49.8 Å². The first-order valence-electron chi connectivity index (χ1n) is 11.5. The molecule has 8 nitrogen and oxygen atoms in total. The summed E-state index contributed by atoms with van der Waals surface area (Å²) >= 11 is 6.34. The van der Waals surface area contributed by atoms with Crippen LogP contribution in [0.4, 0.5) is 28.8 Å². The van der Waals surface area contributed by atoms with Crippen molar-refractivity contribution in [3.05, 3.63) is 64.8 Å². The van der Waals surface area contributed by atoms with Gasteiger partial charge in [-0.2, -0.15) is 4.98 Å². The fraction of sp³-hybridized carbons (Fsp3) is 0.320. The third-order valence-electron chi connectivity index (χ3n) is 6.92. The number of amides is 1. The molecule has 2 aromatic carbocycles. The van der Waals surface area contributed by atoms with Gasteiger partial charge in [-0.15, -0.1) is 0 Å². The molecule has 2 N–H and O–H groups in total. The van der Waals surface area contributed by atoms with E-state index in [1.54, 1.807) is 17.2 Å². The van der Waals surface area contributed by atoms with Crippen LogP contribution in [0.25, 0.3) is 0 Å². The monoisotopic (exact) mass is 475 g/mol. The number of aryl methyl sites for hydroxylation is 1. The zero-order valence-electron chi connectivity index (χ0n) is 19.1. The number of carbonyl (C=O) groups is 1. The Morgan fingerprint density at radius 1 is 1.18 bits per heavy atom. The molecule has 0 spiro atoms. The maximum absolute atomic E-state index is 13.2. The van der Waals surface area contributed by atoms with Crippen molar-refractivity contribution in [2.75, 3.05) is 46.8 Å². The number of piperazine rings is 1. The van der Waals surface area contributed by atoms with Crippen LogP contribution in [0, 0.1) is 6.92 Å². The fourth-order valence-electron chi connectivity index (χ4n) is 5.26. The topological polar surface area (TPSA) is 76.6 Å². The van der Waals surface area contributed by atoms with Crippen LogP contribution in [0.15, 0.2) is 48.7 Å². The molecule has 4 heterocycles. The third-order valence-corrected chi connectivity index (χ3v) is 7.24. The number of nitrogens with one attached hydrogen (secondary N) is 2. The van der Waals surface area contributed by atoms with Gasteiger partial charge in [0.15, 0.2) is 0 Å². The van der Waals surface area contributed by atoms with Crippen molar-refractivity contribution in [3.63, 3.8) is 0 Å². The molecule has 9 heteroatoms. The zero-order chi connectivity index (χ0) is 23.4. The van der Waals surface area contributed by atoms with Gasteiger partial charge < -0.3 is 20.4 Å². The van der Waals surface area contributed by atoms with Gasteiger partial charge in [0.25, 0.3) is 5.91 Å². The Hall–Kier alpha value is -3.36. The molecule has 0 aliphatic carbocycles. The standard InChI is InChI=1S/C25H26ClN7O/c1-15-9-16(7-8-21(15)32-13-17-10-18(32)11-27-17)29-25-28-12-19-23(30-25)31(2)14-33(24(19)34)22-6-4-3-5-20(22)26/h3-9,12,17-18,27H,10-11,13-14H2,1-2H3,(H,28,29,30)/t17?,18-/m0/s1. The molecule has 174 valence electrons. The Balaban J connectivity index is 1.23. The predicted molar refractivity (Wildman–Crippen MR) is 136 cm³/mol. The van der Waals surface area contributed by atoms with E-state index in [-0.39, 0.29) is 5.91 Å². The molecule has 1 amide bonds. The number of halogens is 1. The molecule has 3 aromatic rings. The Bertz CT molecular complexity index is 1280. The lowest BCUT2D eigenvalue weighted by Crippen LogP contribution is -2.46. The molecule has 34 heavy (non-hydrogen) atoms. The highest BCUT2D eigenvalue weighted by Gasteiger charge is 2.38. The van der Waals surface area contributed by atoms with Crippen LogP contribution < -0.4 is 25.3 Å². The largest absolute Gasteiger partial charge is 0.365 e. The normalized spacial score (nSPS) is 21.3. The van der Waals surface area contributed by atoms with E-state index in [4.69, 9.17) is 11.6 Å². The molecule has 0 radical (unpaired) electrons. The maximum Gasteiger partial charge on any atom is 0.265 e. The molecular formula is C25H26ClN7O. The van der Waals surface area contributed by atoms with E-state index >= 15 is 0 Å². The van der Waals surface area contributed by atoms with Gasteiger partial charge in [-0.25, -0.2) is 4.98 Å². The van der Waals surface area contributed by atoms with Crippen molar-refractivity contribution in [1.82, 2.24) is 15.3 Å². The lowest BCUT2D eigenvalue weighted by molar-refractivity contribution is 0.0982. The quantitative estimate of drug-likeness (QED) is 0.594. The minimum atomic E-state index is -0.164. The van der Waals surface area contributed by atoms with E-state index in [1.165, 1.54) is 17.7 Å². The van der Waals surface area contributed by atoms with Crippen molar-refractivity contribution in [2.45, 2.75) is 25.4 Å². The number of anilines is 5. The summed E-state index contributed by atoms with van der Waals surface area (Å²) in [7, 11) is 1.91. The van der Waals surface area contributed by atoms with Crippen LogP contribution in [0.3, 0.4) is 0 Å². The zero-order valence-corrected chi connectivity index (χ0v) is 19.9. The fourth-order valence-corrected chi connectivity index (χ4v) is 5.50. The summed E-state index contributed by atoms with van der Waals surface area (Å²) in [5.41, 5.74) is 4.55. The number of para-hydroxylation sites is 1. The van der Waals surface area contributed by atoms with E-state index in [2.05, 4.69) is 50.6 Å². The molecule has 2 atom stereocenters. The van der Waals surface area contributed by atoms with Crippen molar-refractivity contribution >= 4 is 46.3 Å². The van der Waals surface area contributed by atoms with Crippen LogP contribution in [-0.4, -0.2) is 54.8 Å². The number of carbonyl (C=O) groups excluding carboxylic acids is 1. The van der Waals surface area contributed by atoms with Crippen LogP contribution in [0.5, 0.6) is 0 Å². The van der Waals surface area contributed by atoms with E-state index in [0.717, 1.165) is 18.8 Å². The predicted octanol–water partition coefficient (Wildman–Crippen LogP) is 3.79. The van der Waals surface area contributed by atoms with E-state index in [0.29, 0.717) is 46.8 Å². The molecule has 3 aliphatic heterocycles. The minimum absolute atomic E-state index is 0.164. The first-order valence-corrected chi connectivity index (χ1v) is 11.9. The lowest BCUT2D eigenvalue weighted by Gasteiger charge is -2.35. The number of benzene rings is 2. The van der Waals surface area contributed by atoms with E-state index in [1.807, 2.05) is 30.1 Å². The van der Waals surface area contributed by atoms with Gasteiger partial charge in [0.1, 0.15) is 11.4 Å². The second-order valence-electron chi connectivity index (χ2n) is 9.23. The number of aromatic nitrogens is 2. The summed E-state index contributed by atoms with van der Waals surface area (Å²) < 4.78 is 0. The average Bonchev–Trinajstić information content (AvgIpc) is 3.46. The Kier molecular flexibility index (Phi) is 5.08. The van der Waals surface area contributed by atoms with Gasteiger partial charge in [0.2, 0.25) is 5.95 Å². The van der Waals surface area contributed by atoms with Crippen LogP contribution >= 0.6 is 11.6 Å². The van der Waals surface area contributed by atoms with E-state index < -0.39 is 0 Å². The SMILES string of the molecule is Cc1cc(Nc2ncc3c(n2)N(C)CN(c2ccccc2Cl)C3=O)ccc1N1CC2C[C@H]1CN2. The Morgan fingerprint density at radius 3 is 2.76 bits per heavy atom. The van der Waals surface area contributed by atoms with E-state index in [9.17, 15) is 4.79 Å². The number of hydrogen-bond donors (Lipinski definition) is 2. The molecule has 2 saturated heterocycles. The molecule has 1 unspecified atom stereocenters. The summed E-state index contributed by atoms with van der Waals surface area (Å²) in [6.07, 6.45) is 2.81. The molecule has 2 fully saturated rings. The van der Waals surface area contributed by atoms with Crippen molar-refractivity contribution < 1.29 is 4.79 Å². The van der Waals surface area contributed by atoms with Crippen LogP contribution in [-0.2, 0) is 0 Å². The van der Waals surface area contributed by atoms with Gasteiger partial charge in [-0.05, 0) is 49.2 Å². The highest BCUT2D eigenvalue weighted by molar-refractivity contribution is 6.34. The second-order valence-corrected chi connectivity index (χ2v) is 9.64. The van der Waals surface area contributed by atoms with Crippen molar-refractivity contribution in [1.29, 1.82) is 0 Å². The van der Waals surface area contributed by atoms with Gasteiger partial charge in [0.05, 0.1) is 17.4 Å². The third kappa shape index (κ3) is 3.54. The van der Waals surface area contributed by atoms with Gasteiger partial charge in [-0.1, -0.05) is 23.7 Å². The highest BCUT2D eigenvalue weighted by Crippen LogP contribution is 2.35. The molecule has 3 aliphatic rings. The Morgan fingerprint density at radius 2 is 2.03 bits per heavy atom. The van der Waals surface area contributed by atoms with Crippen molar-refractivity contribution in [2.24, 2.45) is 0 Å². The summed E-state index contributed by atoms with van der Waals surface area (Å²) in [5, 5.41) is 7.40. The number of nitrogens with zero attached hydrogens (tertiary/aromatic N) is 5. The maximum atomic E-state index is 13.2. The molecule has 0 saturated carbocycles. The molecule has 6 rings (SSSR count). The molecule has 1 aromatic heterocycles. The number of fused-ring (bicyclic) bond motifs is 3. The highest BCUT2D eigenvalue weighted by atomic mass is 35.5. The smallest absolute Gasteiger partial charge is 0.265 e. The number of hydrogen-bond acceptors (Lipinski definition) is 7. The second kappa shape index (κ2) is 8.14. The average molecular weight is 476 g/mol. The first-order chi connectivity index (χ1) is 16.5. The molecule has 2 bridgehead atoms. The summed E-state index contributed by atoms with van der Waals surface area (Å²) in [6, 6.07) is 14.9. The Labute approximate surface area is 203 Å². The summed E-state index contributed by atoms with van der Waals surface area (Å²) in [4.78, 5) is 28.4. The summed E-state index contributed by atoms with van der Waals surface area (Å²) in [5.74, 6) is 0.892. The molecular weight excluding hydrogens is 450 g/mol. The number of rotatable bonds is 4. The van der Waals surface area contributed by atoms with Crippen LogP contribution in [0.2, 0.25) is 5.02 Å². The first kappa shape index (κ1) is 21.2. The van der Waals surface area contributed by atoms with Crippen LogP contribution in [0.1, 0.15) is 22.3 Å².